The molecule has 0 aromatic carbocycles. The van der Waals surface area contributed by atoms with Gasteiger partial charge in [-0.05, 0) is 13.2 Å². The van der Waals surface area contributed by atoms with E-state index in [0.29, 0.717) is 11.3 Å². The number of carbonyl (C=O) groups is 1. The van der Waals surface area contributed by atoms with Crippen LogP contribution in [0.4, 0.5) is 18.3 Å². The third kappa shape index (κ3) is 4.43. The van der Waals surface area contributed by atoms with E-state index in [-0.39, 0.29) is 11.7 Å². The van der Waals surface area contributed by atoms with E-state index < -0.39 is 22.7 Å². The Kier molecular flexibility index (Phi) is 6.32. The molecule has 17 heavy (non-hydrogen) atoms. The first-order valence-electron chi connectivity index (χ1n) is 4.31. The summed E-state index contributed by atoms with van der Waals surface area (Å²) in [4.78, 5) is 13.6. The number of nitrogen functional groups attached to an aromatic ring is 1. The van der Waals surface area contributed by atoms with Crippen LogP contribution in [-0.2, 0) is 10.9 Å². The summed E-state index contributed by atoms with van der Waals surface area (Å²) >= 11 is 3.99. The molecule has 0 saturated heterocycles. The van der Waals surface area contributed by atoms with Crippen molar-refractivity contribution >= 4 is 35.1 Å². The van der Waals surface area contributed by atoms with Gasteiger partial charge in [0.2, 0.25) is 0 Å². The van der Waals surface area contributed by atoms with E-state index in [1.165, 1.54) is 6.92 Å². The predicted octanol–water partition coefficient (Wildman–Crippen LogP) is 2.47. The lowest BCUT2D eigenvalue weighted by atomic mass is 10.3. The highest BCUT2D eigenvalue weighted by atomic mass is 32.1. The van der Waals surface area contributed by atoms with Crippen molar-refractivity contribution in [3.05, 3.63) is 10.6 Å². The molecule has 98 valence electrons. The van der Waals surface area contributed by atoms with E-state index in [9.17, 15) is 18.0 Å². The molecule has 2 N–H and O–H groups in total. The van der Waals surface area contributed by atoms with Crippen molar-refractivity contribution in [3.8, 4) is 0 Å². The summed E-state index contributed by atoms with van der Waals surface area (Å²) < 4.78 is 41.5. The smallest absolute Gasteiger partial charge is 0.435 e. The number of nitrogens with two attached hydrogens (primary N) is 1. The van der Waals surface area contributed by atoms with Crippen LogP contribution in [0.3, 0.4) is 0 Å². The zero-order chi connectivity index (χ0) is 13.6. The molecule has 0 atom stereocenters. The third-order valence-electron chi connectivity index (χ3n) is 1.37. The predicted molar refractivity (Wildman–Crippen MR) is 62.4 cm³/mol. The van der Waals surface area contributed by atoms with Gasteiger partial charge in [0.15, 0.2) is 10.8 Å². The molecule has 0 aliphatic heterocycles. The van der Waals surface area contributed by atoms with Crippen molar-refractivity contribution in [1.29, 1.82) is 0 Å². The number of hydrogen-bond acceptors (Lipinski definition) is 6. The molecule has 0 fully saturated rings. The van der Waals surface area contributed by atoms with Crippen LogP contribution in [0.2, 0.25) is 0 Å². The minimum Gasteiger partial charge on any atom is -0.462 e. The number of nitrogens with zero attached hydrogens (tertiary/aromatic N) is 1. The Morgan fingerprint density at radius 1 is 1.53 bits per heavy atom. The van der Waals surface area contributed by atoms with Crippen LogP contribution in [0.15, 0.2) is 0 Å². The molecule has 0 aliphatic carbocycles. The van der Waals surface area contributed by atoms with E-state index >= 15 is 0 Å². The Bertz CT molecular complexity index is 379. The van der Waals surface area contributed by atoms with Gasteiger partial charge in [0.25, 0.3) is 0 Å². The molecule has 1 heterocycles. The Morgan fingerprint density at radius 3 is 2.47 bits per heavy atom. The molecule has 1 aromatic rings. The Labute approximate surface area is 105 Å². The zero-order valence-corrected chi connectivity index (χ0v) is 10.7. The number of ether oxygens (including phenoxy) is 1. The first kappa shape index (κ1) is 16.0. The maximum absolute atomic E-state index is 12.3. The molecule has 9 heteroatoms. The van der Waals surface area contributed by atoms with Crippen molar-refractivity contribution < 1.29 is 22.7 Å². The minimum absolute atomic E-state index is 0.00602. The molecule has 0 saturated carbocycles. The summed E-state index contributed by atoms with van der Waals surface area (Å²) in [5.41, 5.74) is 3.82. The molecule has 0 aliphatic rings. The summed E-state index contributed by atoms with van der Waals surface area (Å²) in [7, 11) is 0. The molecule has 0 bridgehead atoms. The molecule has 0 unspecified atom stereocenters. The lowest BCUT2D eigenvalue weighted by Crippen LogP contribution is -2.13. The Hall–Kier alpha value is -0.960. The van der Waals surface area contributed by atoms with Crippen LogP contribution in [0.25, 0.3) is 0 Å². The number of halogens is 3. The van der Waals surface area contributed by atoms with Crippen molar-refractivity contribution in [3.63, 3.8) is 0 Å². The zero-order valence-electron chi connectivity index (χ0n) is 9.04. The van der Waals surface area contributed by atoms with Gasteiger partial charge in [0, 0.05) is 0 Å². The fraction of sp³-hybridized carbons (Fsp3) is 0.500. The van der Waals surface area contributed by atoms with E-state index in [4.69, 9.17) is 5.73 Å². The molecule has 0 amide bonds. The van der Waals surface area contributed by atoms with Crippen molar-refractivity contribution in [2.75, 3.05) is 18.6 Å². The molecular weight excluding hydrogens is 277 g/mol. The van der Waals surface area contributed by atoms with Crippen molar-refractivity contribution in [2.24, 2.45) is 0 Å². The number of carbonyl (C=O) groups excluding carboxylic acids is 1. The SMILES string of the molecule is CCOC(=O)c1sc(N)nc1C(F)(F)F.CS. The minimum atomic E-state index is -4.70. The second-order valence-corrected chi connectivity index (χ2v) is 3.48. The van der Waals surface area contributed by atoms with Crippen LogP contribution in [0.1, 0.15) is 22.3 Å². The highest BCUT2D eigenvalue weighted by molar-refractivity contribution is 7.79. The average Bonchev–Trinajstić information content (AvgIpc) is 2.63. The normalized spacial score (nSPS) is 10.5. The summed E-state index contributed by atoms with van der Waals surface area (Å²) in [6.45, 7) is 1.49. The molecule has 0 radical (unpaired) electrons. The largest absolute Gasteiger partial charge is 0.462 e. The van der Waals surface area contributed by atoms with Crippen molar-refractivity contribution in [2.45, 2.75) is 13.1 Å². The van der Waals surface area contributed by atoms with Crippen LogP contribution in [0.5, 0.6) is 0 Å². The number of thiazole rings is 1. The van der Waals surface area contributed by atoms with E-state index in [1.54, 1.807) is 6.26 Å². The monoisotopic (exact) mass is 288 g/mol. The summed E-state index contributed by atoms with van der Waals surface area (Å²) in [5.74, 6) is -1.06. The first-order valence-corrected chi connectivity index (χ1v) is 6.02. The van der Waals surface area contributed by atoms with Gasteiger partial charge >= 0.3 is 12.1 Å². The third-order valence-corrected chi connectivity index (χ3v) is 2.24. The lowest BCUT2D eigenvalue weighted by Gasteiger charge is -2.04. The molecule has 1 rings (SSSR count). The molecule has 1 aromatic heterocycles. The molecule has 4 nitrogen and oxygen atoms in total. The van der Waals surface area contributed by atoms with E-state index in [1.807, 2.05) is 0 Å². The summed E-state index contributed by atoms with van der Waals surface area (Å²) in [6, 6.07) is 0. The number of thiol groups is 1. The van der Waals surface area contributed by atoms with Gasteiger partial charge in [-0.25, -0.2) is 9.78 Å². The van der Waals surface area contributed by atoms with Crippen LogP contribution in [-0.4, -0.2) is 23.8 Å². The highest BCUT2D eigenvalue weighted by Gasteiger charge is 2.39. The first-order chi connectivity index (χ1) is 7.86. The van der Waals surface area contributed by atoms with Gasteiger partial charge in [0.05, 0.1) is 6.61 Å². The molecule has 0 spiro atoms. The second kappa shape index (κ2) is 6.70. The number of anilines is 1. The topological polar surface area (TPSA) is 65.2 Å². The van der Waals surface area contributed by atoms with Crippen LogP contribution in [0, 0.1) is 0 Å². The number of aromatic nitrogens is 1. The number of esters is 1. The van der Waals surface area contributed by atoms with Gasteiger partial charge in [-0.3, -0.25) is 0 Å². The lowest BCUT2D eigenvalue weighted by molar-refractivity contribution is -0.141. The quantitative estimate of drug-likeness (QED) is 0.648. The Morgan fingerprint density at radius 2 is 2.06 bits per heavy atom. The van der Waals surface area contributed by atoms with Crippen LogP contribution >= 0.6 is 24.0 Å². The van der Waals surface area contributed by atoms with E-state index in [0.717, 1.165) is 0 Å². The van der Waals surface area contributed by atoms with Gasteiger partial charge in [-0.15, -0.1) is 0 Å². The maximum atomic E-state index is 12.3. The maximum Gasteiger partial charge on any atom is 0.435 e. The van der Waals surface area contributed by atoms with E-state index in [2.05, 4.69) is 22.3 Å². The molecular formula is C8H11F3N2O2S2. The average molecular weight is 288 g/mol. The second-order valence-electron chi connectivity index (χ2n) is 2.45. The summed E-state index contributed by atoms with van der Waals surface area (Å²) in [6.07, 6.45) is -3.00. The number of hydrogen-bond donors (Lipinski definition) is 2. The van der Waals surface area contributed by atoms with Crippen LogP contribution < -0.4 is 5.73 Å². The summed E-state index contributed by atoms with van der Waals surface area (Å²) in [5, 5.41) is -0.314. The van der Waals surface area contributed by atoms with Gasteiger partial charge in [-0.1, -0.05) is 11.3 Å². The Balaban J connectivity index is 0.00000121. The standard InChI is InChI=1S/C7H7F3N2O2S.CH4S/c1-2-14-5(13)3-4(7(8,9)10)12-6(11)15-3;1-2/h2H2,1H3,(H2,11,12);2H,1H3. The fourth-order valence-corrected chi connectivity index (χ4v) is 1.61. The fourth-order valence-electron chi connectivity index (χ4n) is 0.864. The van der Waals surface area contributed by atoms with Gasteiger partial charge < -0.3 is 10.5 Å². The highest BCUT2D eigenvalue weighted by Crippen LogP contribution is 2.35. The number of alkyl halides is 3. The van der Waals surface area contributed by atoms with Gasteiger partial charge in [-0.2, -0.15) is 25.8 Å². The van der Waals surface area contributed by atoms with Gasteiger partial charge in [0.1, 0.15) is 4.88 Å². The number of rotatable bonds is 2. The van der Waals surface area contributed by atoms with Crippen molar-refractivity contribution in [1.82, 2.24) is 4.98 Å².